The van der Waals surface area contributed by atoms with Crippen molar-refractivity contribution in [3.8, 4) is 0 Å². The van der Waals surface area contributed by atoms with E-state index in [9.17, 15) is 13.2 Å². The predicted molar refractivity (Wildman–Crippen MR) is 115 cm³/mol. The summed E-state index contributed by atoms with van der Waals surface area (Å²) in [7, 11) is -2.95. The fraction of sp³-hybridized carbons (Fsp3) is 0.600. The number of nitrogens with zero attached hydrogens (tertiary/aromatic N) is 1. The molecule has 2 aliphatic heterocycles. The van der Waals surface area contributed by atoms with Gasteiger partial charge in [-0.3, -0.25) is 9.79 Å². The summed E-state index contributed by atoms with van der Waals surface area (Å²) in [5.41, 5.74) is 1.42. The number of carbonyl (C=O) groups excluding carboxylic acids is 1. The Morgan fingerprint density at radius 1 is 1.21 bits per heavy atom. The second-order valence-corrected chi connectivity index (χ2v) is 11.7. The molecule has 1 aromatic rings. The number of anilines is 1. The van der Waals surface area contributed by atoms with E-state index in [1.54, 1.807) is 0 Å². The van der Waals surface area contributed by atoms with Crippen LogP contribution in [0.4, 0.5) is 5.69 Å². The molecule has 8 heteroatoms. The highest BCUT2D eigenvalue weighted by molar-refractivity contribution is 8.15. The number of amides is 1. The minimum Gasteiger partial charge on any atom is -0.349 e. The molecule has 1 aromatic carbocycles. The maximum absolute atomic E-state index is 12.7. The lowest BCUT2D eigenvalue weighted by Crippen LogP contribution is -2.43. The third-order valence-electron chi connectivity index (χ3n) is 6.22. The highest BCUT2D eigenvalue weighted by Crippen LogP contribution is 2.34. The van der Waals surface area contributed by atoms with Crippen molar-refractivity contribution < 1.29 is 13.2 Å². The van der Waals surface area contributed by atoms with Crippen LogP contribution in [0.3, 0.4) is 0 Å². The number of aliphatic imine (C=N–C) groups is 1. The third-order valence-corrected chi connectivity index (χ3v) is 9.36. The lowest BCUT2D eigenvalue weighted by molar-refractivity contribution is 0.0891. The summed E-state index contributed by atoms with van der Waals surface area (Å²) in [5, 5.41) is 7.20. The minimum absolute atomic E-state index is 0.00811. The van der Waals surface area contributed by atoms with Gasteiger partial charge in [-0.15, -0.1) is 0 Å². The van der Waals surface area contributed by atoms with Crippen LogP contribution < -0.4 is 10.6 Å². The normalized spacial score (nSPS) is 33.8. The number of hydrogen-bond acceptors (Lipinski definition) is 6. The first-order chi connectivity index (χ1) is 13.3. The standard InChI is InChI=1S/C20H27N3O3S2/c1-12-5-3-8-16(13(12)2)22-19(24)14-6-4-7-15(9-14)21-20-23-17-10-28(25,26)11-18(17)27-20/h4,6-7,9,12-13,16-18H,3,5,8,10-11H2,1-2H3,(H,21,23)(H,22,24)/t12-,13-,16+,17-,18+/m1/s1. The molecule has 1 aliphatic carbocycles. The van der Waals surface area contributed by atoms with E-state index in [0.717, 1.165) is 23.7 Å². The molecule has 3 aliphatic rings. The Bertz CT molecular complexity index is 900. The minimum atomic E-state index is -2.95. The van der Waals surface area contributed by atoms with Crippen molar-refractivity contribution in [2.45, 2.75) is 50.4 Å². The Balaban J connectivity index is 1.40. The summed E-state index contributed by atoms with van der Waals surface area (Å²) in [6, 6.07) is 7.48. The molecular formula is C20H27N3O3S2. The van der Waals surface area contributed by atoms with Crippen molar-refractivity contribution in [3.05, 3.63) is 29.8 Å². The summed E-state index contributed by atoms with van der Waals surface area (Å²) in [6.45, 7) is 4.48. The zero-order valence-corrected chi connectivity index (χ0v) is 17.9. The molecule has 2 N–H and O–H groups in total. The zero-order chi connectivity index (χ0) is 19.9. The van der Waals surface area contributed by atoms with Crippen molar-refractivity contribution >= 4 is 38.4 Å². The Hall–Kier alpha value is -1.54. The molecule has 0 bridgehead atoms. The van der Waals surface area contributed by atoms with Gasteiger partial charge in [-0.25, -0.2) is 8.42 Å². The number of benzene rings is 1. The Kier molecular flexibility index (Phi) is 5.44. The van der Waals surface area contributed by atoms with Crippen LogP contribution in [-0.4, -0.2) is 48.3 Å². The van der Waals surface area contributed by atoms with Gasteiger partial charge in [0.1, 0.15) is 0 Å². The fourth-order valence-electron chi connectivity index (χ4n) is 4.32. The van der Waals surface area contributed by atoms with Crippen molar-refractivity contribution in [2.75, 3.05) is 16.8 Å². The average molecular weight is 422 g/mol. The molecule has 5 atom stereocenters. The van der Waals surface area contributed by atoms with Gasteiger partial charge >= 0.3 is 0 Å². The Labute approximate surface area is 170 Å². The van der Waals surface area contributed by atoms with E-state index in [1.807, 2.05) is 24.3 Å². The number of sulfone groups is 1. The number of rotatable bonds is 3. The largest absolute Gasteiger partial charge is 0.349 e. The molecule has 1 amide bonds. The highest BCUT2D eigenvalue weighted by Gasteiger charge is 2.42. The monoisotopic (exact) mass is 421 g/mol. The van der Waals surface area contributed by atoms with Gasteiger partial charge in [-0.1, -0.05) is 44.5 Å². The van der Waals surface area contributed by atoms with Crippen molar-refractivity contribution in [1.29, 1.82) is 0 Å². The molecule has 4 rings (SSSR count). The van der Waals surface area contributed by atoms with Crippen molar-refractivity contribution in [3.63, 3.8) is 0 Å². The van der Waals surface area contributed by atoms with Crippen LogP contribution in [0.15, 0.2) is 29.3 Å². The molecule has 1 saturated heterocycles. The molecule has 6 nitrogen and oxygen atoms in total. The van der Waals surface area contributed by atoms with Gasteiger partial charge in [0.2, 0.25) is 0 Å². The lowest BCUT2D eigenvalue weighted by atomic mass is 9.78. The van der Waals surface area contributed by atoms with E-state index in [2.05, 4.69) is 29.5 Å². The first kappa shape index (κ1) is 19.8. The first-order valence-corrected chi connectivity index (χ1v) is 12.6. The number of nitrogens with one attached hydrogen (secondary N) is 2. The van der Waals surface area contributed by atoms with E-state index < -0.39 is 9.84 Å². The molecule has 28 heavy (non-hydrogen) atoms. The van der Waals surface area contributed by atoms with Gasteiger partial charge in [-0.2, -0.15) is 0 Å². The second kappa shape index (κ2) is 7.71. The van der Waals surface area contributed by atoms with Crippen molar-refractivity contribution in [1.82, 2.24) is 5.32 Å². The van der Waals surface area contributed by atoms with Crippen LogP contribution in [0.1, 0.15) is 43.5 Å². The maximum atomic E-state index is 12.7. The van der Waals surface area contributed by atoms with Crippen LogP contribution in [0.5, 0.6) is 0 Å². The molecule has 2 fully saturated rings. The van der Waals surface area contributed by atoms with Crippen LogP contribution in [-0.2, 0) is 9.84 Å². The zero-order valence-electron chi connectivity index (χ0n) is 16.2. The molecule has 0 spiro atoms. The van der Waals surface area contributed by atoms with Crippen LogP contribution in [0.2, 0.25) is 0 Å². The number of carbonyl (C=O) groups is 1. The van der Waals surface area contributed by atoms with Gasteiger partial charge in [0.25, 0.3) is 5.91 Å². The first-order valence-electron chi connectivity index (χ1n) is 9.93. The van der Waals surface area contributed by atoms with Crippen LogP contribution in [0, 0.1) is 11.8 Å². The van der Waals surface area contributed by atoms with Gasteiger partial charge in [0.05, 0.1) is 17.5 Å². The summed E-state index contributed by atoms with van der Waals surface area (Å²) in [4.78, 5) is 17.3. The molecule has 0 radical (unpaired) electrons. The highest BCUT2D eigenvalue weighted by atomic mass is 32.2. The smallest absolute Gasteiger partial charge is 0.251 e. The number of amidine groups is 1. The van der Waals surface area contributed by atoms with Gasteiger partial charge in [0.15, 0.2) is 15.0 Å². The average Bonchev–Trinajstić information content (AvgIpc) is 3.11. The third kappa shape index (κ3) is 4.22. The number of fused-ring (bicyclic) bond motifs is 1. The topological polar surface area (TPSA) is 87.6 Å². The van der Waals surface area contributed by atoms with Crippen LogP contribution in [0.25, 0.3) is 0 Å². The molecule has 0 aromatic heterocycles. The fourth-order valence-corrected chi connectivity index (χ4v) is 7.99. The SMILES string of the molecule is C[C@@H]1[C@H](C)CCC[C@@H]1NC(=O)c1cccc(NC2=N[C@@H]3CS(=O)(=O)C[C@@H]3S2)c1. The van der Waals surface area contributed by atoms with E-state index in [1.165, 1.54) is 18.2 Å². The maximum Gasteiger partial charge on any atom is 0.251 e. The Morgan fingerprint density at radius 2 is 2.04 bits per heavy atom. The van der Waals surface area contributed by atoms with Crippen molar-refractivity contribution in [2.24, 2.45) is 16.8 Å². The van der Waals surface area contributed by atoms with E-state index in [4.69, 9.17) is 0 Å². The van der Waals surface area contributed by atoms with Crippen LogP contribution >= 0.6 is 11.8 Å². The summed E-state index contributed by atoms with van der Waals surface area (Å²) < 4.78 is 23.4. The molecule has 2 heterocycles. The Morgan fingerprint density at radius 3 is 2.82 bits per heavy atom. The molecule has 1 saturated carbocycles. The summed E-state index contributed by atoms with van der Waals surface area (Å²) >= 11 is 1.48. The summed E-state index contributed by atoms with van der Waals surface area (Å²) in [5.74, 6) is 1.40. The molecular weight excluding hydrogens is 394 g/mol. The van der Waals surface area contributed by atoms with E-state index >= 15 is 0 Å². The van der Waals surface area contributed by atoms with E-state index in [0.29, 0.717) is 17.4 Å². The van der Waals surface area contributed by atoms with Gasteiger partial charge in [0, 0.05) is 22.5 Å². The quantitative estimate of drug-likeness (QED) is 0.784. The second-order valence-electron chi connectivity index (χ2n) is 8.29. The lowest BCUT2D eigenvalue weighted by Gasteiger charge is -2.34. The molecule has 152 valence electrons. The van der Waals surface area contributed by atoms with Gasteiger partial charge < -0.3 is 10.6 Å². The van der Waals surface area contributed by atoms with E-state index in [-0.39, 0.29) is 34.7 Å². The number of hydrogen-bond donors (Lipinski definition) is 2. The number of thioether (sulfide) groups is 1. The predicted octanol–water partition coefficient (Wildman–Crippen LogP) is 2.92. The molecule has 0 unspecified atom stereocenters. The van der Waals surface area contributed by atoms with Gasteiger partial charge in [-0.05, 0) is 36.5 Å². The summed E-state index contributed by atoms with van der Waals surface area (Å²) in [6.07, 6.45) is 3.43.